The number of carbonyl (C=O) groups excluding carboxylic acids is 1. The molecule has 2 aromatic heterocycles. The summed E-state index contributed by atoms with van der Waals surface area (Å²) in [5.74, 6) is -0.676. The number of aromatic nitrogens is 3. The number of para-hydroxylation sites is 1. The summed E-state index contributed by atoms with van der Waals surface area (Å²) in [6.07, 6.45) is 1.41. The molecular formula is C21H16FN3O4. The van der Waals surface area contributed by atoms with E-state index in [-0.39, 0.29) is 36.5 Å². The number of aryl methyl sites for hydroxylation is 1. The summed E-state index contributed by atoms with van der Waals surface area (Å²) in [5, 5.41) is 4.28. The van der Waals surface area contributed by atoms with Gasteiger partial charge in [0.2, 0.25) is 0 Å². The zero-order valence-electron chi connectivity index (χ0n) is 15.2. The highest BCUT2D eigenvalue weighted by molar-refractivity contribution is 5.77. The van der Waals surface area contributed by atoms with Crippen LogP contribution in [0.5, 0.6) is 0 Å². The highest BCUT2D eigenvalue weighted by Gasteiger charge is 2.13. The Labute approximate surface area is 164 Å². The van der Waals surface area contributed by atoms with Crippen molar-refractivity contribution < 1.29 is 18.4 Å². The van der Waals surface area contributed by atoms with E-state index in [2.05, 4.69) is 10.1 Å². The topological polar surface area (TPSA) is 87.2 Å². The maximum absolute atomic E-state index is 13.8. The Morgan fingerprint density at radius 1 is 1.14 bits per heavy atom. The van der Waals surface area contributed by atoms with Gasteiger partial charge in [-0.05, 0) is 24.3 Å². The Morgan fingerprint density at radius 2 is 1.93 bits per heavy atom. The van der Waals surface area contributed by atoms with E-state index in [9.17, 15) is 14.0 Å². The van der Waals surface area contributed by atoms with Crippen LogP contribution in [0.4, 0.5) is 4.39 Å². The number of ether oxygens (including phenoxy) is 1. The summed E-state index contributed by atoms with van der Waals surface area (Å²) in [6.45, 7) is 0.0381. The molecule has 0 amide bonds. The van der Waals surface area contributed by atoms with Gasteiger partial charge in [0.05, 0.1) is 29.2 Å². The van der Waals surface area contributed by atoms with Crippen molar-refractivity contribution >= 4 is 16.9 Å². The van der Waals surface area contributed by atoms with Crippen LogP contribution in [0.25, 0.3) is 22.2 Å². The number of halogens is 1. The van der Waals surface area contributed by atoms with Gasteiger partial charge in [-0.2, -0.15) is 0 Å². The molecule has 4 rings (SSSR count). The molecule has 0 bridgehead atoms. The fourth-order valence-electron chi connectivity index (χ4n) is 2.87. The second kappa shape index (κ2) is 8.05. The number of hydrogen-bond acceptors (Lipinski definition) is 6. The molecule has 0 aliphatic rings. The SMILES string of the molecule is O=C(CCn1cnc2ccccc2c1=O)OCc1cc(-c2ccccc2F)on1. The van der Waals surface area contributed by atoms with Crippen LogP contribution in [0.1, 0.15) is 12.1 Å². The molecule has 4 aromatic rings. The first-order chi connectivity index (χ1) is 14.1. The maximum Gasteiger partial charge on any atom is 0.307 e. The largest absolute Gasteiger partial charge is 0.459 e. The summed E-state index contributed by atoms with van der Waals surface area (Å²) in [7, 11) is 0. The number of hydrogen-bond donors (Lipinski definition) is 0. The second-order valence-electron chi connectivity index (χ2n) is 6.33. The molecule has 0 saturated heterocycles. The molecule has 0 atom stereocenters. The monoisotopic (exact) mass is 393 g/mol. The van der Waals surface area contributed by atoms with Gasteiger partial charge >= 0.3 is 5.97 Å². The Hall–Kier alpha value is -3.81. The quantitative estimate of drug-likeness (QED) is 0.467. The van der Waals surface area contributed by atoms with Gasteiger partial charge in [0.1, 0.15) is 18.1 Å². The average Bonchev–Trinajstić information content (AvgIpc) is 3.21. The molecule has 0 saturated carbocycles. The maximum atomic E-state index is 13.8. The van der Waals surface area contributed by atoms with E-state index in [0.29, 0.717) is 16.6 Å². The predicted octanol–water partition coefficient (Wildman–Crippen LogP) is 3.32. The zero-order valence-corrected chi connectivity index (χ0v) is 15.2. The summed E-state index contributed by atoms with van der Waals surface area (Å²) in [4.78, 5) is 28.6. The number of esters is 1. The van der Waals surface area contributed by atoms with Crippen molar-refractivity contribution in [2.45, 2.75) is 19.6 Å². The lowest BCUT2D eigenvalue weighted by atomic mass is 10.1. The first kappa shape index (κ1) is 18.5. The fourth-order valence-corrected chi connectivity index (χ4v) is 2.87. The number of nitrogens with zero attached hydrogens (tertiary/aromatic N) is 3. The van der Waals surface area contributed by atoms with E-state index in [1.54, 1.807) is 42.5 Å². The van der Waals surface area contributed by atoms with Gasteiger partial charge in [-0.1, -0.05) is 29.4 Å². The lowest BCUT2D eigenvalue weighted by Crippen LogP contribution is -2.22. The van der Waals surface area contributed by atoms with Gasteiger partial charge in [-0.25, -0.2) is 9.37 Å². The highest BCUT2D eigenvalue weighted by atomic mass is 19.1. The van der Waals surface area contributed by atoms with Crippen molar-refractivity contribution in [3.8, 4) is 11.3 Å². The van der Waals surface area contributed by atoms with E-state index >= 15 is 0 Å². The third-order valence-corrected chi connectivity index (χ3v) is 4.37. The molecule has 29 heavy (non-hydrogen) atoms. The van der Waals surface area contributed by atoms with Crippen LogP contribution < -0.4 is 5.56 Å². The van der Waals surface area contributed by atoms with Crippen LogP contribution in [-0.2, 0) is 22.7 Å². The van der Waals surface area contributed by atoms with Crippen molar-refractivity contribution in [2.24, 2.45) is 0 Å². The van der Waals surface area contributed by atoms with Crippen LogP contribution in [0.2, 0.25) is 0 Å². The summed E-state index contributed by atoms with van der Waals surface area (Å²) in [5.41, 5.74) is 1.03. The second-order valence-corrected chi connectivity index (χ2v) is 6.33. The molecule has 7 nitrogen and oxygen atoms in total. The molecule has 0 aliphatic heterocycles. The van der Waals surface area contributed by atoms with Gasteiger partial charge < -0.3 is 9.26 Å². The Kier molecular flexibility index (Phi) is 5.15. The third-order valence-electron chi connectivity index (χ3n) is 4.37. The molecule has 0 unspecified atom stereocenters. The summed E-state index contributed by atoms with van der Waals surface area (Å²) in [6, 6.07) is 14.7. The average molecular weight is 393 g/mol. The Morgan fingerprint density at radius 3 is 2.79 bits per heavy atom. The Balaban J connectivity index is 1.35. The smallest absolute Gasteiger partial charge is 0.307 e. The fraction of sp³-hybridized carbons (Fsp3) is 0.143. The van der Waals surface area contributed by atoms with Gasteiger partial charge in [0, 0.05) is 12.6 Å². The van der Waals surface area contributed by atoms with Crippen molar-refractivity contribution in [3.63, 3.8) is 0 Å². The third kappa shape index (κ3) is 4.06. The van der Waals surface area contributed by atoms with E-state index < -0.39 is 11.8 Å². The molecule has 0 N–H and O–H groups in total. The van der Waals surface area contributed by atoms with E-state index in [0.717, 1.165) is 0 Å². The van der Waals surface area contributed by atoms with Crippen LogP contribution in [-0.4, -0.2) is 20.7 Å². The molecule has 0 spiro atoms. The standard InChI is InChI=1S/C21H16FN3O4/c22-17-7-3-1-5-15(17)19-11-14(24-29-19)12-28-20(26)9-10-25-13-23-18-8-4-2-6-16(18)21(25)27/h1-8,11,13H,9-10,12H2. The minimum absolute atomic E-state index is 0.00203. The first-order valence-electron chi connectivity index (χ1n) is 8.92. The molecule has 0 radical (unpaired) electrons. The number of carbonyl (C=O) groups is 1. The molecule has 0 fully saturated rings. The van der Waals surface area contributed by atoms with Crippen LogP contribution in [0, 0.1) is 5.82 Å². The van der Waals surface area contributed by atoms with Gasteiger partial charge in [0.25, 0.3) is 5.56 Å². The van der Waals surface area contributed by atoms with Gasteiger partial charge in [0.15, 0.2) is 5.76 Å². The molecular weight excluding hydrogens is 377 g/mol. The van der Waals surface area contributed by atoms with Crippen molar-refractivity contribution in [1.29, 1.82) is 0 Å². The lowest BCUT2D eigenvalue weighted by Gasteiger charge is -2.06. The van der Waals surface area contributed by atoms with Crippen molar-refractivity contribution in [1.82, 2.24) is 14.7 Å². The summed E-state index contributed by atoms with van der Waals surface area (Å²) < 4.78 is 25.4. The van der Waals surface area contributed by atoms with Crippen LogP contribution in [0.3, 0.4) is 0 Å². The van der Waals surface area contributed by atoms with E-state index in [1.807, 2.05) is 0 Å². The van der Waals surface area contributed by atoms with E-state index in [1.165, 1.54) is 23.0 Å². The molecule has 8 heteroatoms. The molecule has 146 valence electrons. The highest BCUT2D eigenvalue weighted by Crippen LogP contribution is 2.23. The molecule has 2 heterocycles. The number of benzene rings is 2. The van der Waals surface area contributed by atoms with Crippen LogP contribution in [0.15, 0.2) is 70.2 Å². The predicted molar refractivity (Wildman–Crippen MR) is 102 cm³/mol. The number of fused-ring (bicyclic) bond motifs is 1. The molecule has 2 aromatic carbocycles. The van der Waals surface area contributed by atoms with Crippen molar-refractivity contribution in [2.75, 3.05) is 0 Å². The minimum atomic E-state index is -0.500. The minimum Gasteiger partial charge on any atom is -0.459 e. The van der Waals surface area contributed by atoms with Crippen LogP contribution >= 0.6 is 0 Å². The van der Waals surface area contributed by atoms with Gasteiger partial charge in [-0.3, -0.25) is 14.2 Å². The van der Waals surface area contributed by atoms with Crippen molar-refractivity contribution in [3.05, 3.63) is 82.8 Å². The normalized spacial score (nSPS) is 10.9. The summed E-state index contributed by atoms with van der Waals surface area (Å²) >= 11 is 0. The van der Waals surface area contributed by atoms with Gasteiger partial charge in [-0.15, -0.1) is 0 Å². The zero-order chi connectivity index (χ0) is 20.2. The van der Waals surface area contributed by atoms with E-state index in [4.69, 9.17) is 9.26 Å². The number of rotatable bonds is 6. The Bertz CT molecular complexity index is 1230. The first-order valence-corrected chi connectivity index (χ1v) is 8.92. The lowest BCUT2D eigenvalue weighted by molar-refractivity contribution is -0.145. The molecule has 0 aliphatic carbocycles.